The van der Waals surface area contributed by atoms with E-state index in [0.29, 0.717) is 11.8 Å². The molecule has 2 atom stereocenters. The molecule has 1 aliphatic carbocycles. The predicted molar refractivity (Wildman–Crippen MR) is 72.0 cm³/mol. The van der Waals surface area contributed by atoms with Gasteiger partial charge >= 0.3 is 0 Å². The van der Waals surface area contributed by atoms with Gasteiger partial charge in [0, 0.05) is 0 Å². The molecule has 0 radical (unpaired) electrons. The second-order valence-corrected chi connectivity index (χ2v) is 5.31. The first kappa shape index (κ1) is 12.4. The summed E-state index contributed by atoms with van der Waals surface area (Å²) in [6.45, 7) is 4.38. The van der Waals surface area contributed by atoms with Crippen molar-refractivity contribution in [1.29, 1.82) is 0 Å². The third-order valence-electron chi connectivity index (χ3n) is 3.70. The van der Waals surface area contributed by atoms with Crippen molar-refractivity contribution < 1.29 is 5.11 Å². The minimum Gasteiger partial charge on any atom is -0.388 e. The summed E-state index contributed by atoms with van der Waals surface area (Å²) in [6.07, 6.45) is 7.31. The molecule has 0 bridgehead atoms. The van der Waals surface area contributed by atoms with E-state index in [9.17, 15) is 5.11 Å². The van der Waals surface area contributed by atoms with Gasteiger partial charge in [0.15, 0.2) is 0 Å². The van der Waals surface area contributed by atoms with Gasteiger partial charge in [-0.15, -0.1) is 0 Å². The maximum atomic E-state index is 10.3. The standard InChI is InChI=1S/C16H22O/c1-12(2)13-8-10-15(11-9-13)16(17)14-6-4-3-5-7-14/h3-4,8-12,14,16-17H,5-7H2,1-2H3. The van der Waals surface area contributed by atoms with E-state index in [2.05, 4.69) is 50.3 Å². The van der Waals surface area contributed by atoms with Gasteiger partial charge in [0.1, 0.15) is 0 Å². The van der Waals surface area contributed by atoms with Crippen LogP contribution >= 0.6 is 0 Å². The van der Waals surface area contributed by atoms with E-state index >= 15 is 0 Å². The van der Waals surface area contributed by atoms with Gasteiger partial charge in [0.25, 0.3) is 0 Å². The van der Waals surface area contributed by atoms with Gasteiger partial charge in [-0.1, -0.05) is 50.3 Å². The molecular formula is C16H22O. The SMILES string of the molecule is CC(C)c1ccc(C(O)C2CC=CCC2)cc1. The molecule has 1 aromatic carbocycles. The summed E-state index contributed by atoms with van der Waals surface area (Å²) in [6, 6.07) is 8.44. The maximum absolute atomic E-state index is 10.3. The summed E-state index contributed by atoms with van der Waals surface area (Å²) in [5.74, 6) is 0.948. The molecule has 1 nitrogen and oxygen atoms in total. The fourth-order valence-electron chi connectivity index (χ4n) is 2.45. The summed E-state index contributed by atoms with van der Waals surface area (Å²) in [4.78, 5) is 0. The predicted octanol–water partition coefficient (Wildman–Crippen LogP) is 4.20. The van der Waals surface area contributed by atoms with E-state index in [1.165, 1.54) is 5.56 Å². The topological polar surface area (TPSA) is 20.2 Å². The van der Waals surface area contributed by atoms with Gasteiger partial charge in [0.05, 0.1) is 6.10 Å². The normalized spacial score (nSPS) is 21.8. The third kappa shape index (κ3) is 2.98. The molecule has 1 aliphatic rings. The highest BCUT2D eigenvalue weighted by Gasteiger charge is 2.20. The summed E-state index contributed by atoms with van der Waals surface area (Å²) < 4.78 is 0. The molecule has 1 heteroatoms. The molecule has 92 valence electrons. The van der Waals surface area contributed by atoms with Gasteiger partial charge in [-0.3, -0.25) is 0 Å². The van der Waals surface area contributed by atoms with Crippen LogP contribution in [-0.2, 0) is 0 Å². The Labute approximate surface area is 104 Å². The van der Waals surface area contributed by atoms with Crippen LogP contribution in [0, 0.1) is 5.92 Å². The monoisotopic (exact) mass is 230 g/mol. The first-order valence-corrected chi connectivity index (χ1v) is 6.61. The Hall–Kier alpha value is -1.08. The zero-order valence-electron chi connectivity index (χ0n) is 10.8. The van der Waals surface area contributed by atoms with Crippen LogP contribution in [0.2, 0.25) is 0 Å². The van der Waals surface area contributed by atoms with Crippen molar-refractivity contribution >= 4 is 0 Å². The Morgan fingerprint density at radius 3 is 2.24 bits per heavy atom. The molecule has 0 saturated heterocycles. The number of allylic oxidation sites excluding steroid dienone is 2. The van der Waals surface area contributed by atoms with Gasteiger partial charge in [-0.2, -0.15) is 0 Å². The summed E-state index contributed by atoms with van der Waals surface area (Å²) in [7, 11) is 0. The minimum absolute atomic E-state index is 0.304. The van der Waals surface area contributed by atoms with Crippen molar-refractivity contribution in [3.8, 4) is 0 Å². The summed E-state index contributed by atoms with van der Waals surface area (Å²) in [5, 5.41) is 10.3. The van der Waals surface area contributed by atoms with Crippen molar-refractivity contribution in [3.05, 3.63) is 47.5 Å². The van der Waals surface area contributed by atoms with Crippen LogP contribution in [0.4, 0.5) is 0 Å². The average molecular weight is 230 g/mol. The molecule has 17 heavy (non-hydrogen) atoms. The van der Waals surface area contributed by atoms with Crippen LogP contribution in [0.3, 0.4) is 0 Å². The van der Waals surface area contributed by atoms with Crippen LogP contribution < -0.4 is 0 Å². The van der Waals surface area contributed by atoms with Crippen molar-refractivity contribution in [1.82, 2.24) is 0 Å². The second-order valence-electron chi connectivity index (χ2n) is 5.31. The van der Waals surface area contributed by atoms with E-state index < -0.39 is 0 Å². The molecule has 0 heterocycles. The van der Waals surface area contributed by atoms with Crippen molar-refractivity contribution in [2.24, 2.45) is 5.92 Å². The lowest BCUT2D eigenvalue weighted by Gasteiger charge is -2.24. The molecule has 0 amide bonds. The average Bonchev–Trinajstić information content (AvgIpc) is 2.39. The molecule has 1 aromatic rings. The number of aliphatic hydroxyl groups is 1. The second kappa shape index (κ2) is 5.50. The first-order valence-electron chi connectivity index (χ1n) is 6.61. The number of hydrogen-bond acceptors (Lipinski definition) is 1. The van der Waals surface area contributed by atoms with Gasteiger partial charge in [0.2, 0.25) is 0 Å². The number of rotatable bonds is 3. The summed E-state index contributed by atoms with van der Waals surface area (Å²) >= 11 is 0. The molecular weight excluding hydrogens is 208 g/mol. The Bertz CT molecular complexity index is 375. The quantitative estimate of drug-likeness (QED) is 0.772. The number of hydrogen-bond donors (Lipinski definition) is 1. The van der Waals surface area contributed by atoms with Crippen molar-refractivity contribution in [3.63, 3.8) is 0 Å². The molecule has 0 aromatic heterocycles. The molecule has 0 aliphatic heterocycles. The minimum atomic E-state index is -0.304. The molecule has 2 rings (SSSR count). The lowest BCUT2D eigenvalue weighted by Crippen LogP contribution is -2.13. The Kier molecular flexibility index (Phi) is 4.01. The van der Waals surface area contributed by atoms with E-state index in [-0.39, 0.29) is 6.10 Å². The fraction of sp³-hybridized carbons (Fsp3) is 0.500. The zero-order valence-corrected chi connectivity index (χ0v) is 10.8. The molecule has 0 saturated carbocycles. The highest BCUT2D eigenvalue weighted by molar-refractivity contribution is 5.26. The van der Waals surface area contributed by atoms with E-state index in [0.717, 1.165) is 24.8 Å². The molecule has 0 fully saturated rings. The van der Waals surface area contributed by atoms with E-state index in [1.54, 1.807) is 0 Å². The lowest BCUT2D eigenvalue weighted by atomic mass is 9.85. The number of benzene rings is 1. The highest BCUT2D eigenvalue weighted by atomic mass is 16.3. The highest BCUT2D eigenvalue weighted by Crippen LogP contribution is 2.32. The zero-order chi connectivity index (χ0) is 12.3. The first-order chi connectivity index (χ1) is 8.18. The smallest absolute Gasteiger partial charge is 0.0821 e. The third-order valence-corrected chi connectivity index (χ3v) is 3.70. The van der Waals surface area contributed by atoms with Crippen LogP contribution in [0.25, 0.3) is 0 Å². The fourth-order valence-corrected chi connectivity index (χ4v) is 2.45. The maximum Gasteiger partial charge on any atom is 0.0821 e. The van der Waals surface area contributed by atoms with Crippen LogP contribution in [0.5, 0.6) is 0 Å². The summed E-state index contributed by atoms with van der Waals surface area (Å²) in [5.41, 5.74) is 2.40. The van der Waals surface area contributed by atoms with Crippen molar-refractivity contribution in [2.75, 3.05) is 0 Å². The Morgan fingerprint density at radius 1 is 1.06 bits per heavy atom. The van der Waals surface area contributed by atoms with Gasteiger partial charge in [-0.25, -0.2) is 0 Å². The van der Waals surface area contributed by atoms with Crippen LogP contribution in [-0.4, -0.2) is 5.11 Å². The number of aliphatic hydroxyl groups excluding tert-OH is 1. The van der Waals surface area contributed by atoms with Crippen LogP contribution in [0.15, 0.2) is 36.4 Å². The molecule has 1 N–H and O–H groups in total. The molecule has 2 unspecified atom stereocenters. The van der Waals surface area contributed by atoms with Gasteiger partial charge < -0.3 is 5.11 Å². The van der Waals surface area contributed by atoms with Crippen molar-refractivity contribution in [2.45, 2.75) is 45.1 Å². The largest absolute Gasteiger partial charge is 0.388 e. The lowest BCUT2D eigenvalue weighted by molar-refractivity contribution is 0.102. The molecule has 0 spiro atoms. The van der Waals surface area contributed by atoms with E-state index in [4.69, 9.17) is 0 Å². The Balaban J connectivity index is 2.08. The van der Waals surface area contributed by atoms with Crippen LogP contribution in [0.1, 0.15) is 56.3 Å². The van der Waals surface area contributed by atoms with Gasteiger partial charge in [-0.05, 0) is 42.2 Å². The Morgan fingerprint density at radius 2 is 1.71 bits per heavy atom. The van der Waals surface area contributed by atoms with E-state index in [1.807, 2.05) is 0 Å².